The van der Waals surface area contributed by atoms with E-state index in [1.807, 2.05) is 104 Å². The van der Waals surface area contributed by atoms with Crippen LogP contribution in [0.3, 0.4) is 0 Å². The zero-order valence-electron chi connectivity index (χ0n) is 44.3. The van der Waals surface area contributed by atoms with Gasteiger partial charge in [-0.15, -0.1) is 11.3 Å². The molecule has 0 bridgehead atoms. The number of urea groups is 1. The Bertz CT molecular complexity index is 3080. The number of hydrogen-bond acceptors (Lipinski definition) is 13. The lowest BCUT2D eigenvalue weighted by molar-refractivity contribution is -0.144. The molecule has 0 unspecified atom stereocenters. The van der Waals surface area contributed by atoms with Crippen molar-refractivity contribution < 1.29 is 29.0 Å². The summed E-state index contributed by atoms with van der Waals surface area (Å²) in [5, 5.41) is 36.7. The normalized spacial score (nSPS) is 17.8. The van der Waals surface area contributed by atoms with Crippen LogP contribution in [0.4, 0.5) is 16.3 Å². The van der Waals surface area contributed by atoms with Gasteiger partial charge in [-0.1, -0.05) is 57.2 Å². The molecule has 19 nitrogen and oxygen atoms in total. The van der Waals surface area contributed by atoms with E-state index in [-0.39, 0.29) is 62.2 Å². The SMILES string of the molecule is Cc1ncsc1-c1ccc(CNC(=O)[C@@H]2C[C@@H](O)CN2C(=O)[C@@H](NC(=O)COCCCCn2cc(CNC(=O)N(c3ccc(-c4ccc(=O)n(C)c4)cc3)C3CCC(Nc4ccc(C#N)cn4)CC3)cn2)C(C)(C)C)cc1. The van der Waals surface area contributed by atoms with Gasteiger partial charge in [0, 0.05) is 94.2 Å². The Kier molecular flexibility index (Phi) is 18.3. The summed E-state index contributed by atoms with van der Waals surface area (Å²) in [6.07, 6.45) is 10.7. The first-order valence-electron chi connectivity index (χ1n) is 26.1. The number of hydrogen-bond donors (Lipinski definition) is 5. The topological polar surface area (TPSA) is 242 Å². The Hall–Kier alpha value is -7.73. The molecule has 1 saturated heterocycles. The van der Waals surface area contributed by atoms with Crippen molar-refractivity contribution in [3.63, 3.8) is 0 Å². The number of aliphatic hydroxyl groups is 1. The highest BCUT2D eigenvalue weighted by Gasteiger charge is 2.44. The molecular weight excluding hydrogens is 997 g/mol. The quantitative estimate of drug-likeness (QED) is 0.0503. The third-order valence-electron chi connectivity index (χ3n) is 14.1. The van der Waals surface area contributed by atoms with Crippen LogP contribution in [-0.4, -0.2) is 108 Å². The van der Waals surface area contributed by atoms with Crippen molar-refractivity contribution in [1.29, 1.82) is 5.26 Å². The summed E-state index contributed by atoms with van der Waals surface area (Å²) in [5.74, 6) is -0.574. The van der Waals surface area contributed by atoms with Crippen LogP contribution in [0.1, 0.15) is 88.1 Å². The molecule has 2 fully saturated rings. The van der Waals surface area contributed by atoms with Crippen molar-refractivity contribution in [2.75, 3.05) is 30.0 Å². The van der Waals surface area contributed by atoms with Crippen molar-refractivity contribution in [2.24, 2.45) is 12.5 Å². The van der Waals surface area contributed by atoms with Gasteiger partial charge in [0.2, 0.25) is 23.3 Å². The summed E-state index contributed by atoms with van der Waals surface area (Å²) in [5.41, 5.74) is 7.80. The van der Waals surface area contributed by atoms with Gasteiger partial charge in [-0.25, -0.2) is 14.8 Å². The number of β-amino-alcohol motifs (C(OH)–C–C–N with tert-alkyl or cyclic N) is 1. The lowest BCUT2D eigenvalue weighted by Crippen LogP contribution is -2.58. The minimum Gasteiger partial charge on any atom is -0.391 e. The summed E-state index contributed by atoms with van der Waals surface area (Å²) in [6.45, 7) is 8.59. The van der Waals surface area contributed by atoms with E-state index in [4.69, 9.17) is 10.00 Å². The smallest absolute Gasteiger partial charge is 0.322 e. The molecule has 5 N–H and O–H groups in total. The zero-order valence-corrected chi connectivity index (χ0v) is 45.1. The minimum atomic E-state index is -0.975. The van der Waals surface area contributed by atoms with Crippen LogP contribution in [0.15, 0.2) is 108 Å². The predicted molar refractivity (Wildman–Crippen MR) is 294 cm³/mol. The highest BCUT2D eigenvalue weighted by Crippen LogP contribution is 2.32. The third-order valence-corrected chi connectivity index (χ3v) is 15.1. The first-order valence-corrected chi connectivity index (χ1v) is 27.0. The lowest BCUT2D eigenvalue weighted by Gasteiger charge is -2.37. The van der Waals surface area contributed by atoms with Gasteiger partial charge in [0.1, 0.15) is 30.6 Å². The molecule has 3 atom stereocenters. The van der Waals surface area contributed by atoms with E-state index in [9.17, 15) is 29.1 Å². The molecule has 4 aromatic heterocycles. The molecule has 8 rings (SSSR count). The van der Waals surface area contributed by atoms with Crippen molar-refractivity contribution in [3.05, 3.63) is 136 Å². The monoisotopic (exact) mass is 1060 g/mol. The molecule has 1 aliphatic heterocycles. The third kappa shape index (κ3) is 14.6. The van der Waals surface area contributed by atoms with E-state index in [1.54, 1.807) is 49.1 Å². The first-order chi connectivity index (χ1) is 37.0. The maximum atomic E-state index is 14.2. The van der Waals surface area contributed by atoms with E-state index >= 15 is 0 Å². The number of anilines is 2. The number of carbonyl (C=O) groups excluding carboxylic acids is 4. The molecule has 20 heteroatoms. The van der Waals surface area contributed by atoms with Crippen LogP contribution in [0, 0.1) is 23.7 Å². The van der Waals surface area contributed by atoms with E-state index in [0.717, 1.165) is 69.8 Å². The van der Waals surface area contributed by atoms with Crippen molar-refractivity contribution in [2.45, 2.75) is 123 Å². The van der Waals surface area contributed by atoms with Gasteiger partial charge in [-0.2, -0.15) is 10.4 Å². The number of amides is 5. The number of aliphatic hydroxyl groups excluding tert-OH is 1. The average molecular weight is 1070 g/mol. The van der Waals surface area contributed by atoms with Crippen LogP contribution in [-0.2, 0) is 45.8 Å². The second-order valence-corrected chi connectivity index (χ2v) is 21.8. The Balaban J connectivity index is 0.783. The first kappa shape index (κ1) is 55.5. The lowest BCUT2D eigenvalue weighted by atomic mass is 9.85. The fourth-order valence-corrected chi connectivity index (χ4v) is 10.6. The van der Waals surface area contributed by atoms with Crippen LogP contribution >= 0.6 is 11.3 Å². The molecule has 1 saturated carbocycles. The molecule has 404 valence electrons. The van der Waals surface area contributed by atoms with Gasteiger partial charge in [0.05, 0.1) is 33.9 Å². The van der Waals surface area contributed by atoms with Gasteiger partial charge < -0.3 is 40.6 Å². The standard InChI is InChI=1S/C57H68N12O7S/c1-37-52(77-36-62-37)42-11-8-38(9-12-42)28-60-54(73)48-26-47(70)34-68(48)55(74)53(57(2,3)4)65-50(71)35-76-25-7-6-24-67-32-40(31-63-67)30-61-56(75)69(45-18-13-41(14-19-45)43-15-23-51(72)66(5)33-43)46-20-16-44(17-21-46)64-49-22-10-39(27-58)29-59-49/h8-15,18-19,22-23,29,31-33,36,44,46-48,53,70H,6-7,16-17,20-21,24-26,28,30,34-35H2,1-5H3,(H,59,64)(H,60,73)(H,61,75)(H,65,71)/t44?,46?,47-,48+,53-/m1/s1. The van der Waals surface area contributed by atoms with Gasteiger partial charge in [0.25, 0.3) is 0 Å². The van der Waals surface area contributed by atoms with E-state index in [2.05, 4.69) is 42.4 Å². The fourth-order valence-electron chi connectivity index (χ4n) is 9.81. The number of likely N-dealkylation sites (tertiary alicyclic amines) is 1. The molecule has 2 aromatic carbocycles. The summed E-state index contributed by atoms with van der Waals surface area (Å²) in [7, 11) is 1.72. The number of nitriles is 1. The molecular formula is C57H68N12O7S. The number of aromatic nitrogens is 5. The molecule has 5 amide bonds. The number of ether oxygens (including phenoxy) is 1. The maximum Gasteiger partial charge on any atom is 0.322 e. The summed E-state index contributed by atoms with van der Waals surface area (Å²) in [4.78, 5) is 80.0. The summed E-state index contributed by atoms with van der Waals surface area (Å²) < 4.78 is 9.09. The summed E-state index contributed by atoms with van der Waals surface area (Å²) in [6, 6.07) is 22.7. The molecule has 2 aliphatic rings. The predicted octanol–water partition coefficient (Wildman–Crippen LogP) is 6.69. The van der Waals surface area contributed by atoms with Gasteiger partial charge in [-0.3, -0.25) is 28.8 Å². The van der Waals surface area contributed by atoms with E-state index in [1.165, 1.54) is 15.5 Å². The molecule has 0 spiro atoms. The van der Waals surface area contributed by atoms with Crippen molar-refractivity contribution in [1.82, 2.24) is 45.2 Å². The van der Waals surface area contributed by atoms with Gasteiger partial charge in [0.15, 0.2) is 0 Å². The average Bonchev–Trinajstić information content (AvgIpc) is 4.19. The number of benzene rings is 2. The number of pyridine rings is 2. The number of unbranched alkanes of at least 4 members (excludes halogenated alkanes) is 1. The number of nitrogens with one attached hydrogen (secondary N) is 4. The van der Waals surface area contributed by atoms with Crippen LogP contribution in [0.5, 0.6) is 0 Å². The molecule has 6 aromatic rings. The summed E-state index contributed by atoms with van der Waals surface area (Å²) >= 11 is 1.57. The number of aryl methyl sites for hydroxylation is 3. The fraction of sp³-hybridized carbons (Fsp3) is 0.421. The Labute approximate surface area is 452 Å². The van der Waals surface area contributed by atoms with E-state index < -0.39 is 35.4 Å². The van der Waals surface area contributed by atoms with Gasteiger partial charge >= 0.3 is 6.03 Å². The van der Waals surface area contributed by atoms with E-state index in [0.29, 0.717) is 37.4 Å². The van der Waals surface area contributed by atoms with Crippen molar-refractivity contribution in [3.8, 4) is 27.6 Å². The molecule has 77 heavy (non-hydrogen) atoms. The maximum absolute atomic E-state index is 14.2. The number of nitrogens with zero attached hydrogens (tertiary/aromatic N) is 8. The second-order valence-electron chi connectivity index (χ2n) is 21.0. The Morgan fingerprint density at radius 2 is 1.61 bits per heavy atom. The highest BCUT2D eigenvalue weighted by atomic mass is 32.1. The molecule has 0 radical (unpaired) electrons. The Morgan fingerprint density at radius 3 is 2.29 bits per heavy atom. The number of thiazole rings is 1. The number of carbonyl (C=O) groups is 4. The molecule has 5 heterocycles. The second kappa shape index (κ2) is 25.4. The zero-order chi connectivity index (χ0) is 54.6. The van der Waals surface area contributed by atoms with Crippen LogP contribution < -0.4 is 31.7 Å². The van der Waals surface area contributed by atoms with Gasteiger partial charge in [-0.05, 0) is 103 Å². The van der Waals surface area contributed by atoms with Crippen LogP contribution in [0.2, 0.25) is 0 Å². The van der Waals surface area contributed by atoms with Crippen molar-refractivity contribution >= 4 is 46.6 Å². The minimum absolute atomic E-state index is 0.0246. The molecule has 1 aliphatic carbocycles. The number of rotatable bonds is 20. The Morgan fingerprint density at radius 1 is 0.883 bits per heavy atom. The van der Waals surface area contributed by atoms with Crippen LogP contribution in [0.25, 0.3) is 21.6 Å². The highest BCUT2D eigenvalue weighted by molar-refractivity contribution is 7.13. The largest absolute Gasteiger partial charge is 0.391 e.